The van der Waals surface area contributed by atoms with Gasteiger partial charge in [-0.2, -0.15) is 12.6 Å². The van der Waals surface area contributed by atoms with Crippen LogP contribution >= 0.6 is 12.6 Å². The van der Waals surface area contributed by atoms with E-state index in [1.54, 1.807) is 0 Å². The van der Waals surface area contributed by atoms with Crippen LogP contribution in [0.25, 0.3) is 0 Å². The zero-order chi connectivity index (χ0) is 10.7. The summed E-state index contributed by atoms with van der Waals surface area (Å²) in [6.07, 6.45) is 2.11. The Hall–Kier alpha value is -0.970. The lowest BCUT2D eigenvalue weighted by molar-refractivity contribution is -0.148. The molecule has 0 aromatic heterocycles. The van der Waals surface area contributed by atoms with E-state index in [4.69, 9.17) is 5.11 Å². The number of carboxylic acids is 1. The fourth-order valence-electron chi connectivity index (χ4n) is 1.53. The number of hydrogen-bond acceptors (Lipinski definition) is 3. The fraction of sp³-hybridized carbons (Fsp3) is 0.556. The summed E-state index contributed by atoms with van der Waals surface area (Å²) in [5, 5.41) is 8.86. The summed E-state index contributed by atoms with van der Waals surface area (Å²) < 4.78 is 0. The van der Waals surface area contributed by atoms with Crippen LogP contribution in [0.2, 0.25) is 0 Å². The molecule has 0 aliphatic carbocycles. The summed E-state index contributed by atoms with van der Waals surface area (Å²) >= 11 is 4.16. The maximum absolute atomic E-state index is 11.4. The van der Waals surface area contributed by atoms with Crippen LogP contribution in [0.3, 0.4) is 0 Å². The van der Waals surface area contributed by atoms with Gasteiger partial charge in [-0.05, 0) is 6.42 Å². The average Bonchev–Trinajstić information content (AvgIpc) is 2.40. The molecule has 1 N–H and O–H groups in total. The summed E-state index contributed by atoms with van der Waals surface area (Å²) in [4.78, 5) is 23.6. The van der Waals surface area contributed by atoms with Gasteiger partial charge in [-0.1, -0.05) is 6.08 Å². The van der Waals surface area contributed by atoms with E-state index in [2.05, 4.69) is 19.2 Å². The van der Waals surface area contributed by atoms with Crippen molar-refractivity contribution < 1.29 is 14.7 Å². The standard InChI is InChI=1S/C9H13NO3S/c1-2-3-7(9(12)13)10-5-6(14)4-8(10)11/h2,6-7,14H,1,3-5H2,(H,12,13). The summed E-state index contributed by atoms with van der Waals surface area (Å²) in [5.41, 5.74) is 0. The van der Waals surface area contributed by atoms with Gasteiger partial charge < -0.3 is 10.0 Å². The molecule has 1 amide bonds. The largest absolute Gasteiger partial charge is 0.480 e. The van der Waals surface area contributed by atoms with E-state index in [0.29, 0.717) is 13.0 Å². The number of carbonyl (C=O) groups is 2. The molecule has 1 heterocycles. The lowest BCUT2D eigenvalue weighted by Crippen LogP contribution is -2.42. The van der Waals surface area contributed by atoms with Crippen molar-refractivity contribution in [2.45, 2.75) is 24.1 Å². The molecule has 0 saturated carbocycles. The van der Waals surface area contributed by atoms with Crippen molar-refractivity contribution >= 4 is 24.5 Å². The van der Waals surface area contributed by atoms with E-state index in [0.717, 1.165) is 0 Å². The topological polar surface area (TPSA) is 57.6 Å². The SMILES string of the molecule is C=CCC(C(=O)O)N1CC(S)CC1=O. The smallest absolute Gasteiger partial charge is 0.326 e. The number of aliphatic carboxylic acids is 1. The molecule has 78 valence electrons. The first-order valence-electron chi connectivity index (χ1n) is 4.37. The number of likely N-dealkylation sites (tertiary alicyclic amines) is 1. The highest BCUT2D eigenvalue weighted by Gasteiger charge is 2.35. The van der Waals surface area contributed by atoms with Gasteiger partial charge in [0.15, 0.2) is 0 Å². The maximum atomic E-state index is 11.4. The first kappa shape index (κ1) is 11.1. The predicted octanol–water partition coefficient (Wildman–Crippen LogP) is 0.546. The van der Waals surface area contributed by atoms with Crippen molar-refractivity contribution in [3.63, 3.8) is 0 Å². The number of amides is 1. The van der Waals surface area contributed by atoms with Crippen LogP contribution in [0.15, 0.2) is 12.7 Å². The lowest BCUT2D eigenvalue weighted by atomic mass is 10.2. The summed E-state index contributed by atoms with van der Waals surface area (Å²) in [5.74, 6) is -1.13. The van der Waals surface area contributed by atoms with Crippen LogP contribution in [0.1, 0.15) is 12.8 Å². The molecule has 1 aliphatic heterocycles. The lowest BCUT2D eigenvalue weighted by Gasteiger charge is -2.23. The molecular weight excluding hydrogens is 202 g/mol. The number of rotatable bonds is 4. The van der Waals surface area contributed by atoms with Gasteiger partial charge >= 0.3 is 5.97 Å². The molecule has 0 aromatic rings. The highest BCUT2D eigenvalue weighted by Crippen LogP contribution is 2.20. The molecular formula is C9H13NO3S. The minimum atomic E-state index is -0.985. The summed E-state index contributed by atoms with van der Waals surface area (Å²) in [6.45, 7) is 3.89. The molecule has 0 spiro atoms. The molecule has 4 nitrogen and oxygen atoms in total. The van der Waals surface area contributed by atoms with E-state index in [9.17, 15) is 9.59 Å². The molecule has 0 radical (unpaired) electrons. The number of nitrogens with zero attached hydrogens (tertiary/aromatic N) is 1. The zero-order valence-corrected chi connectivity index (χ0v) is 8.61. The maximum Gasteiger partial charge on any atom is 0.326 e. The van der Waals surface area contributed by atoms with Crippen LogP contribution in [0, 0.1) is 0 Å². The summed E-state index contributed by atoms with van der Waals surface area (Å²) in [6, 6.07) is -0.780. The van der Waals surface area contributed by atoms with E-state index >= 15 is 0 Å². The molecule has 1 fully saturated rings. The summed E-state index contributed by atoms with van der Waals surface area (Å²) in [7, 11) is 0. The molecule has 1 aliphatic rings. The Morgan fingerprint density at radius 2 is 2.50 bits per heavy atom. The second-order valence-corrected chi connectivity index (χ2v) is 4.01. The van der Waals surface area contributed by atoms with Gasteiger partial charge in [-0.3, -0.25) is 4.79 Å². The Labute approximate surface area is 88.0 Å². The molecule has 2 unspecified atom stereocenters. The van der Waals surface area contributed by atoms with E-state index in [1.807, 2.05) is 0 Å². The number of carboxylic acid groups (broad SMARTS) is 1. The van der Waals surface area contributed by atoms with Crippen LogP contribution in [-0.4, -0.2) is 39.7 Å². The van der Waals surface area contributed by atoms with Crippen LogP contribution in [0.4, 0.5) is 0 Å². The highest BCUT2D eigenvalue weighted by molar-refractivity contribution is 7.81. The van der Waals surface area contributed by atoms with Gasteiger partial charge in [-0.15, -0.1) is 6.58 Å². The Balaban J connectivity index is 2.73. The minimum absolute atomic E-state index is 0.0471. The van der Waals surface area contributed by atoms with Crippen molar-refractivity contribution in [1.29, 1.82) is 0 Å². The molecule has 1 rings (SSSR count). The van der Waals surface area contributed by atoms with Crippen LogP contribution in [-0.2, 0) is 9.59 Å². The van der Waals surface area contributed by atoms with E-state index in [1.165, 1.54) is 11.0 Å². The van der Waals surface area contributed by atoms with Crippen molar-refractivity contribution in [2.24, 2.45) is 0 Å². The Morgan fingerprint density at radius 3 is 2.86 bits per heavy atom. The number of carbonyl (C=O) groups excluding carboxylic acids is 1. The van der Waals surface area contributed by atoms with Gasteiger partial charge in [0.05, 0.1) is 0 Å². The predicted molar refractivity (Wildman–Crippen MR) is 55.3 cm³/mol. The molecule has 0 aromatic carbocycles. The molecule has 14 heavy (non-hydrogen) atoms. The zero-order valence-electron chi connectivity index (χ0n) is 7.72. The Morgan fingerprint density at radius 1 is 1.86 bits per heavy atom. The van der Waals surface area contributed by atoms with Crippen molar-refractivity contribution in [2.75, 3.05) is 6.54 Å². The highest BCUT2D eigenvalue weighted by atomic mass is 32.1. The monoisotopic (exact) mass is 215 g/mol. The fourth-order valence-corrected chi connectivity index (χ4v) is 1.86. The minimum Gasteiger partial charge on any atom is -0.480 e. The van der Waals surface area contributed by atoms with Crippen molar-refractivity contribution in [1.82, 2.24) is 4.90 Å². The second kappa shape index (κ2) is 4.50. The number of hydrogen-bond donors (Lipinski definition) is 2. The molecule has 0 bridgehead atoms. The average molecular weight is 215 g/mol. The number of thiol groups is 1. The molecule has 1 saturated heterocycles. The van der Waals surface area contributed by atoms with Crippen molar-refractivity contribution in [3.8, 4) is 0 Å². The quantitative estimate of drug-likeness (QED) is 0.532. The van der Waals surface area contributed by atoms with Gasteiger partial charge in [0.1, 0.15) is 6.04 Å². The van der Waals surface area contributed by atoms with E-state index < -0.39 is 12.0 Å². The van der Waals surface area contributed by atoms with E-state index in [-0.39, 0.29) is 17.6 Å². The van der Waals surface area contributed by atoms with Gasteiger partial charge in [0.25, 0.3) is 0 Å². The third-order valence-corrected chi connectivity index (χ3v) is 2.54. The van der Waals surface area contributed by atoms with Gasteiger partial charge in [0.2, 0.25) is 5.91 Å². The van der Waals surface area contributed by atoms with Crippen molar-refractivity contribution in [3.05, 3.63) is 12.7 Å². The third kappa shape index (κ3) is 2.29. The Kier molecular flexibility index (Phi) is 3.57. The molecule has 2 atom stereocenters. The first-order valence-corrected chi connectivity index (χ1v) is 4.89. The van der Waals surface area contributed by atoms with Gasteiger partial charge in [0, 0.05) is 18.2 Å². The van der Waals surface area contributed by atoms with Gasteiger partial charge in [-0.25, -0.2) is 4.79 Å². The molecule has 5 heteroatoms. The van der Waals surface area contributed by atoms with Crippen LogP contribution < -0.4 is 0 Å². The second-order valence-electron chi connectivity index (χ2n) is 3.28. The Bertz CT molecular complexity index is 267. The first-order chi connectivity index (χ1) is 6.56. The third-order valence-electron chi connectivity index (χ3n) is 2.19. The normalized spacial score (nSPS) is 23.6. The van der Waals surface area contributed by atoms with Crippen LogP contribution in [0.5, 0.6) is 0 Å².